The molecule has 0 atom stereocenters. The Morgan fingerprint density at radius 2 is 1.62 bits per heavy atom. The molecule has 0 saturated heterocycles. The molecule has 2 aromatic rings. The lowest BCUT2D eigenvalue weighted by Gasteiger charge is -2.10. The summed E-state index contributed by atoms with van der Waals surface area (Å²) in [5, 5.41) is 0. The number of halogens is 2. The molecule has 0 heterocycles. The average Bonchev–Trinajstić information content (AvgIpc) is 2.44. The van der Waals surface area contributed by atoms with Crippen LogP contribution >= 0.6 is 12.2 Å². The summed E-state index contributed by atoms with van der Waals surface area (Å²) in [5.41, 5.74) is 5.45. The summed E-state index contributed by atoms with van der Waals surface area (Å²) >= 11 is 4.68. The Bertz CT molecular complexity index is 636. The minimum atomic E-state index is -0.869. The number of hydrogen-bond donors (Lipinski definition) is 1. The lowest BCUT2D eigenvalue weighted by Crippen LogP contribution is -2.10. The largest absolute Gasteiger partial charge is 0.494 e. The highest BCUT2D eigenvalue weighted by atomic mass is 32.1. The zero-order valence-corrected chi connectivity index (χ0v) is 12.0. The lowest BCUT2D eigenvalue weighted by atomic mass is 10.2. The standard InChI is InChI=1S/C15H13F2NO2S/c1-2-19-10-3-5-11(6-4-10)20-14-12(16)7-9(15(18)21)8-13(14)17/h3-8H,2H2,1H3,(H2,18,21). The van der Waals surface area contributed by atoms with Gasteiger partial charge in [0.1, 0.15) is 16.5 Å². The van der Waals surface area contributed by atoms with Gasteiger partial charge >= 0.3 is 0 Å². The van der Waals surface area contributed by atoms with Crippen molar-refractivity contribution < 1.29 is 18.3 Å². The summed E-state index contributed by atoms with van der Waals surface area (Å²) in [4.78, 5) is -0.0829. The van der Waals surface area contributed by atoms with Gasteiger partial charge in [0.15, 0.2) is 17.4 Å². The van der Waals surface area contributed by atoms with E-state index in [0.29, 0.717) is 18.1 Å². The van der Waals surface area contributed by atoms with Crippen LogP contribution in [0.4, 0.5) is 8.78 Å². The second-order valence-electron chi connectivity index (χ2n) is 4.14. The Morgan fingerprint density at radius 3 is 2.10 bits per heavy atom. The van der Waals surface area contributed by atoms with Gasteiger partial charge in [-0.3, -0.25) is 0 Å². The molecular formula is C15H13F2NO2S. The van der Waals surface area contributed by atoms with Crippen LogP contribution in [-0.4, -0.2) is 11.6 Å². The Kier molecular flexibility index (Phi) is 4.70. The smallest absolute Gasteiger partial charge is 0.198 e. The highest BCUT2D eigenvalue weighted by molar-refractivity contribution is 7.80. The Labute approximate surface area is 126 Å². The number of hydrogen-bond acceptors (Lipinski definition) is 3. The first kappa shape index (κ1) is 15.2. The molecule has 0 saturated carbocycles. The number of benzene rings is 2. The first-order valence-corrected chi connectivity index (χ1v) is 6.61. The predicted octanol–water partition coefficient (Wildman–Crippen LogP) is 3.79. The molecule has 0 spiro atoms. The molecule has 0 unspecified atom stereocenters. The maximum atomic E-state index is 13.9. The van der Waals surface area contributed by atoms with Crippen LogP contribution in [0.2, 0.25) is 0 Å². The van der Waals surface area contributed by atoms with Gasteiger partial charge in [0.2, 0.25) is 0 Å². The zero-order chi connectivity index (χ0) is 15.4. The Morgan fingerprint density at radius 1 is 1.10 bits per heavy atom. The van der Waals surface area contributed by atoms with Crippen molar-refractivity contribution in [1.29, 1.82) is 0 Å². The SMILES string of the molecule is CCOc1ccc(Oc2c(F)cc(C(N)=S)cc2F)cc1. The van der Waals surface area contributed by atoms with Gasteiger partial charge in [-0.2, -0.15) is 0 Å². The van der Waals surface area contributed by atoms with Crippen LogP contribution in [0, 0.1) is 11.6 Å². The van der Waals surface area contributed by atoms with Crippen LogP contribution in [0.5, 0.6) is 17.2 Å². The van der Waals surface area contributed by atoms with Crippen molar-refractivity contribution in [2.75, 3.05) is 6.61 Å². The highest BCUT2D eigenvalue weighted by Gasteiger charge is 2.14. The fraction of sp³-hybridized carbons (Fsp3) is 0.133. The summed E-state index contributed by atoms with van der Waals surface area (Å²) in [5.74, 6) is -1.30. The summed E-state index contributed by atoms with van der Waals surface area (Å²) in [6.07, 6.45) is 0. The summed E-state index contributed by atoms with van der Waals surface area (Å²) in [6.45, 7) is 2.39. The van der Waals surface area contributed by atoms with Gasteiger partial charge < -0.3 is 15.2 Å². The molecule has 2 N–H and O–H groups in total. The molecule has 0 aliphatic heterocycles. The van der Waals surface area contributed by atoms with E-state index in [0.717, 1.165) is 12.1 Å². The number of thiocarbonyl (C=S) groups is 1. The molecule has 0 bridgehead atoms. The summed E-state index contributed by atoms with van der Waals surface area (Å²) in [7, 11) is 0. The molecule has 3 nitrogen and oxygen atoms in total. The quantitative estimate of drug-likeness (QED) is 0.854. The zero-order valence-electron chi connectivity index (χ0n) is 11.2. The van der Waals surface area contributed by atoms with E-state index in [2.05, 4.69) is 12.2 Å². The maximum Gasteiger partial charge on any atom is 0.198 e. The van der Waals surface area contributed by atoms with E-state index in [-0.39, 0.29) is 10.6 Å². The monoisotopic (exact) mass is 309 g/mol. The van der Waals surface area contributed by atoms with Gasteiger partial charge in [-0.25, -0.2) is 8.78 Å². The van der Waals surface area contributed by atoms with E-state index in [9.17, 15) is 8.78 Å². The van der Waals surface area contributed by atoms with E-state index in [1.165, 1.54) is 0 Å². The molecule has 0 aliphatic carbocycles. The molecule has 0 amide bonds. The third-order valence-corrected chi connectivity index (χ3v) is 2.87. The lowest BCUT2D eigenvalue weighted by molar-refractivity contribution is 0.339. The van der Waals surface area contributed by atoms with Crippen molar-refractivity contribution in [3.05, 3.63) is 53.6 Å². The second-order valence-corrected chi connectivity index (χ2v) is 4.58. The fourth-order valence-corrected chi connectivity index (χ4v) is 1.81. The topological polar surface area (TPSA) is 44.5 Å². The van der Waals surface area contributed by atoms with Crippen LogP contribution in [0.15, 0.2) is 36.4 Å². The van der Waals surface area contributed by atoms with Gasteiger partial charge in [0.25, 0.3) is 0 Å². The van der Waals surface area contributed by atoms with Crippen LogP contribution in [0.3, 0.4) is 0 Å². The van der Waals surface area contributed by atoms with E-state index in [1.54, 1.807) is 24.3 Å². The molecule has 2 rings (SSSR count). The molecule has 2 aromatic carbocycles. The van der Waals surface area contributed by atoms with Crippen molar-refractivity contribution in [2.24, 2.45) is 5.73 Å². The first-order chi connectivity index (χ1) is 10.0. The minimum Gasteiger partial charge on any atom is -0.494 e. The fourth-order valence-electron chi connectivity index (χ4n) is 1.69. The molecule has 0 aliphatic rings. The normalized spacial score (nSPS) is 10.2. The van der Waals surface area contributed by atoms with E-state index in [4.69, 9.17) is 15.2 Å². The molecule has 110 valence electrons. The molecular weight excluding hydrogens is 296 g/mol. The Balaban J connectivity index is 2.25. The van der Waals surface area contributed by atoms with Crippen LogP contribution in [0.1, 0.15) is 12.5 Å². The second kappa shape index (κ2) is 6.49. The van der Waals surface area contributed by atoms with Crippen molar-refractivity contribution in [1.82, 2.24) is 0 Å². The molecule has 0 aromatic heterocycles. The summed E-state index contributed by atoms with van der Waals surface area (Å²) in [6, 6.07) is 8.50. The van der Waals surface area contributed by atoms with Gasteiger partial charge in [-0.15, -0.1) is 0 Å². The van der Waals surface area contributed by atoms with Crippen LogP contribution in [0.25, 0.3) is 0 Å². The molecule has 21 heavy (non-hydrogen) atoms. The van der Waals surface area contributed by atoms with Crippen LogP contribution in [-0.2, 0) is 0 Å². The number of nitrogens with two attached hydrogens (primary N) is 1. The minimum absolute atomic E-state index is 0.0829. The van der Waals surface area contributed by atoms with E-state index >= 15 is 0 Å². The van der Waals surface area contributed by atoms with Gasteiger partial charge in [0, 0.05) is 5.56 Å². The molecule has 0 fully saturated rings. The van der Waals surface area contributed by atoms with Crippen molar-refractivity contribution >= 4 is 17.2 Å². The summed E-state index contributed by atoms with van der Waals surface area (Å²) < 4.78 is 38.2. The molecule has 6 heteroatoms. The predicted molar refractivity (Wildman–Crippen MR) is 79.9 cm³/mol. The van der Waals surface area contributed by atoms with Crippen LogP contribution < -0.4 is 15.2 Å². The van der Waals surface area contributed by atoms with E-state index < -0.39 is 17.4 Å². The van der Waals surface area contributed by atoms with Crippen molar-refractivity contribution in [2.45, 2.75) is 6.92 Å². The van der Waals surface area contributed by atoms with Crippen molar-refractivity contribution in [3.63, 3.8) is 0 Å². The third kappa shape index (κ3) is 3.66. The first-order valence-electron chi connectivity index (χ1n) is 6.20. The number of rotatable bonds is 5. The van der Waals surface area contributed by atoms with Gasteiger partial charge in [0.05, 0.1) is 6.61 Å². The number of ether oxygens (including phenoxy) is 2. The highest BCUT2D eigenvalue weighted by Crippen LogP contribution is 2.29. The Hall–Kier alpha value is -2.21. The molecule has 0 radical (unpaired) electrons. The third-order valence-electron chi connectivity index (χ3n) is 2.64. The van der Waals surface area contributed by atoms with Gasteiger partial charge in [-0.05, 0) is 43.3 Å². The van der Waals surface area contributed by atoms with Gasteiger partial charge in [-0.1, -0.05) is 12.2 Å². The average molecular weight is 309 g/mol. The van der Waals surface area contributed by atoms with Crippen molar-refractivity contribution in [3.8, 4) is 17.2 Å². The van der Waals surface area contributed by atoms with E-state index in [1.807, 2.05) is 6.92 Å². The maximum absolute atomic E-state index is 13.9.